The van der Waals surface area contributed by atoms with E-state index in [1.807, 2.05) is 6.92 Å². The van der Waals surface area contributed by atoms with E-state index >= 15 is 0 Å². The highest BCUT2D eigenvalue weighted by atomic mass is 15.2. The van der Waals surface area contributed by atoms with Crippen molar-refractivity contribution in [2.45, 2.75) is 39.3 Å². The number of aromatic nitrogens is 2. The van der Waals surface area contributed by atoms with Crippen LogP contribution in [-0.4, -0.2) is 52.7 Å². The zero-order valence-electron chi connectivity index (χ0n) is 12.3. The highest BCUT2D eigenvalue weighted by Gasteiger charge is 2.39. The van der Waals surface area contributed by atoms with Crippen molar-refractivity contribution in [3.05, 3.63) is 17.5 Å². The lowest BCUT2D eigenvalue weighted by molar-refractivity contribution is 0.140. The Hall–Kier alpha value is -0.870. The number of H-pyrrole nitrogens is 1. The van der Waals surface area contributed by atoms with Crippen LogP contribution in [0.1, 0.15) is 31.7 Å². The van der Waals surface area contributed by atoms with Crippen LogP contribution in [0, 0.1) is 12.8 Å². The van der Waals surface area contributed by atoms with E-state index in [4.69, 9.17) is 0 Å². The maximum atomic E-state index is 4.30. The summed E-state index contributed by atoms with van der Waals surface area (Å²) in [5.41, 5.74) is 2.59. The Morgan fingerprint density at radius 1 is 1.56 bits per heavy atom. The van der Waals surface area contributed by atoms with Crippen molar-refractivity contribution in [3.8, 4) is 0 Å². The van der Waals surface area contributed by atoms with Gasteiger partial charge in [0.1, 0.15) is 0 Å². The molecule has 2 heterocycles. The van der Waals surface area contributed by atoms with Gasteiger partial charge in [0.15, 0.2) is 0 Å². The van der Waals surface area contributed by atoms with Gasteiger partial charge in [-0.05, 0) is 59.8 Å². The van der Waals surface area contributed by atoms with Gasteiger partial charge < -0.3 is 9.80 Å². The van der Waals surface area contributed by atoms with Crippen LogP contribution in [-0.2, 0) is 6.54 Å². The first-order valence-corrected chi connectivity index (χ1v) is 6.80. The molecule has 0 radical (unpaired) electrons. The second kappa shape index (κ2) is 5.02. The van der Waals surface area contributed by atoms with Crippen LogP contribution in [0.15, 0.2) is 6.07 Å². The van der Waals surface area contributed by atoms with Gasteiger partial charge >= 0.3 is 0 Å². The molecule has 1 aromatic rings. The quantitative estimate of drug-likeness (QED) is 0.886. The molecule has 0 spiro atoms. The Morgan fingerprint density at radius 3 is 2.78 bits per heavy atom. The molecule has 0 bridgehead atoms. The van der Waals surface area contributed by atoms with Crippen LogP contribution >= 0.6 is 0 Å². The molecule has 18 heavy (non-hydrogen) atoms. The van der Waals surface area contributed by atoms with E-state index in [0.29, 0.717) is 5.54 Å². The Labute approximate surface area is 110 Å². The molecule has 1 aliphatic rings. The molecule has 1 N–H and O–H groups in total. The standard InChI is InChI=1S/C14H26N4/c1-11-8-13(16-15-11)10-17(4)9-12-6-7-18(5)14(12,2)3/h8,12H,6-7,9-10H2,1-5H3,(H,15,16)/t12-/m1/s1. The van der Waals surface area contributed by atoms with E-state index < -0.39 is 0 Å². The van der Waals surface area contributed by atoms with Crippen molar-refractivity contribution in [2.75, 3.05) is 27.2 Å². The second-order valence-electron chi connectivity index (χ2n) is 6.30. The topological polar surface area (TPSA) is 35.2 Å². The van der Waals surface area contributed by atoms with Gasteiger partial charge in [-0.3, -0.25) is 5.10 Å². The molecule has 2 rings (SSSR count). The summed E-state index contributed by atoms with van der Waals surface area (Å²) in [7, 11) is 4.43. The average Bonchev–Trinajstić information content (AvgIpc) is 2.77. The Balaban J connectivity index is 1.90. The maximum absolute atomic E-state index is 4.30. The van der Waals surface area contributed by atoms with Crippen molar-refractivity contribution in [1.82, 2.24) is 20.0 Å². The van der Waals surface area contributed by atoms with Crippen molar-refractivity contribution < 1.29 is 0 Å². The molecule has 1 saturated heterocycles. The highest BCUT2D eigenvalue weighted by Crippen LogP contribution is 2.33. The smallest absolute Gasteiger partial charge is 0.0764 e. The van der Waals surface area contributed by atoms with Crippen LogP contribution in [0.4, 0.5) is 0 Å². The molecule has 0 saturated carbocycles. The normalized spacial score (nSPS) is 24.0. The minimum atomic E-state index is 0.315. The first kappa shape index (κ1) is 13.6. The molecule has 1 atom stereocenters. The summed E-state index contributed by atoms with van der Waals surface area (Å²) in [4.78, 5) is 4.87. The van der Waals surface area contributed by atoms with Crippen molar-refractivity contribution in [1.29, 1.82) is 0 Å². The van der Waals surface area contributed by atoms with E-state index in [-0.39, 0.29) is 0 Å². The summed E-state index contributed by atoms with van der Waals surface area (Å²) in [6, 6.07) is 2.13. The van der Waals surface area contributed by atoms with Crippen molar-refractivity contribution in [3.63, 3.8) is 0 Å². The predicted molar refractivity (Wildman–Crippen MR) is 74.5 cm³/mol. The number of hydrogen-bond donors (Lipinski definition) is 1. The van der Waals surface area contributed by atoms with Crippen LogP contribution in [0.3, 0.4) is 0 Å². The molecule has 4 heteroatoms. The second-order valence-corrected chi connectivity index (χ2v) is 6.30. The molecule has 0 amide bonds. The lowest BCUT2D eigenvalue weighted by Gasteiger charge is -2.35. The maximum Gasteiger partial charge on any atom is 0.0764 e. The van der Waals surface area contributed by atoms with E-state index in [9.17, 15) is 0 Å². The fourth-order valence-corrected chi connectivity index (χ4v) is 2.89. The molecular weight excluding hydrogens is 224 g/mol. The third-order valence-corrected chi connectivity index (χ3v) is 4.52. The van der Waals surface area contributed by atoms with E-state index in [2.05, 4.69) is 54.0 Å². The van der Waals surface area contributed by atoms with Gasteiger partial charge in [-0.2, -0.15) is 5.10 Å². The third kappa shape index (κ3) is 2.75. The fraction of sp³-hybridized carbons (Fsp3) is 0.786. The Bertz CT molecular complexity index is 396. The van der Waals surface area contributed by atoms with Gasteiger partial charge in [-0.15, -0.1) is 0 Å². The van der Waals surface area contributed by atoms with Gasteiger partial charge in [0.25, 0.3) is 0 Å². The molecular formula is C14H26N4. The average molecular weight is 250 g/mol. The molecule has 1 aromatic heterocycles. The summed E-state index contributed by atoms with van der Waals surface area (Å²) in [6.07, 6.45) is 1.30. The minimum Gasteiger partial charge on any atom is -0.301 e. The summed E-state index contributed by atoms with van der Waals surface area (Å²) in [6.45, 7) is 10.1. The number of aryl methyl sites for hydroxylation is 1. The molecule has 102 valence electrons. The number of likely N-dealkylation sites (tertiary alicyclic amines) is 1. The highest BCUT2D eigenvalue weighted by molar-refractivity contribution is 5.06. The van der Waals surface area contributed by atoms with Gasteiger partial charge in [0, 0.05) is 24.3 Å². The first-order valence-electron chi connectivity index (χ1n) is 6.80. The monoisotopic (exact) mass is 250 g/mol. The SMILES string of the molecule is Cc1cc(CN(C)C[C@H]2CCN(C)C2(C)C)n[nH]1. The largest absolute Gasteiger partial charge is 0.301 e. The van der Waals surface area contributed by atoms with E-state index in [1.54, 1.807) is 0 Å². The van der Waals surface area contributed by atoms with Gasteiger partial charge in [0.05, 0.1) is 5.69 Å². The number of rotatable bonds is 4. The van der Waals surface area contributed by atoms with E-state index in [0.717, 1.165) is 30.4 Å². The summed E-state index contributed by atoms with van der Waals surface area (Å²) >= 11 is 0. The van der Waals surface area contributed by atoms with Gasteiger partial charge in [-0.1, -0.05) is 0 Å². The number of hydrogen-bond acceptors (Lipinski definition) is 3. The van der Waals surface area contributed by atoms with Crippen LogP contribution < -0.4 is 0 Å². The molecule has 4 nitrogen and oxygen atoms in total. The molecule has 0 aliphatic carbocycles. The van der Waals surface area contributed by atoms with Crippen molar-refractivity contribution >= 4 is 0 Å². The first-order chi connectivity index (χ1) is 8.39. The zero-order valence-corrected chi connectivity index (χ0v) is 12.3. The lowest BCUT2D eigenvalue weighted by atomic mass is 9.88. The lowest BCUT2D eigenvalue weighted by Crippen LogP contribution is -2.43. The molecule has 1 aliphatic heterocycles. The van der Waals surface area contributed by atoms with Gasteiger partial charge in [-0.25, -0.2) is 0 Å². The van der Waals surface area contributed by atoms with Gasteiger partial charge in [0.2, 0.25) is 0 Å². The molecule has 0 unspecified atom stereocenters. The predicted octanol–water partition coefficient (Wildman–Crippen LogP) is 1.88. The summed E-state index contributed by atoms with van der Waals surface area (Å²) in [5, 5.41) is 7.31. The van der Waals surface area contributed by atoms with Crippen LogP contribution in [0.5, 0.6) is 0 Å². The Morgan fingerprint density at radius 2 is 2.28 bits per heavy atom. The fourth-order valence-electron chi connectivity index (χ4n) is 2.89. The zero-order chi connectivity index (χ0) is 13.3. The third-order valence-electron chi connectivity index (χ3n) is 4.52. The molecule has 0 aromatic carbocycles. The van der Waals surface area contributed by atoms with Crippen LogP contribution in [0.25, 0.3) is 0 Å². The minimum absolute atomic E-state index is 0.315. The van der Waals surface area contributed by atoms with Crippen molar-refractivity contribution in [2.24, 2.45) is 5.92 Å². The summed E-state index contributed by atoms with van der Waals surface area (Å²) < 4.78 is 0. The van der Waals surface area contributed by atoms with E-state index in [1.165, 1.54) is 13.0 Å². The van der Waals surface area contributed by atoms with Crippen LogP contribution in [0.2, 0.25) is 0 Å². The Kier molecular flexibility index (Phi) is 3.78. The molecule has 1 fully saturated rings. The number of nitrogens with one attached hydrogen (secondary N) is 1. The number of nitrogens with zero attached hydrogens (tertiary/aromatic N) is 3. The number of aromatic amines is 1. The summed E-state index contributed by atoms with van der Waals surface area (Å²) in [5.74, 6) is 0.743.